The highest BCUT2D eigenvalue weighted by Gasteiger charge is 2.17. The molecule has 2 aromatic rings. The summed E-state index contributed by atoms with van der Waals surface area (Å²) < 4.78 is 7.65. The van der Waals surface area contributed by atoms with Gasteiger partial charge >= 0.3 is 0 Å². The molecule has 1 aliphatic rings. The van der Waals surface area contributed by atoms with Crippen LogP contribution in [0.15, 0.2) is 36.5 Å². The van der Waals surface area contributed by atoms with Crippen LogP contribution in [0.1, 0.15) is 34.9 Å². The summed E-state index contributed by atoms with van der Waals surface area (Å²) in [5, 5.41) is 10.8. The van der Waals surface area contributed by atoms with Crippen molar-refractivity contribution < 1.29 is 9.53 Å². The third-order valence-electron chi connectivity index (χ3n) is 4.64. The number of benzene rings is 1. The van der Waals surface area contributed by atoms with Gasteiger partial charge in [0.15, 0.2) is 0 Å². The first-order valence-electron chi connectivity index (χ1n) is 9.52. The molecule has 1 aromatic heterocycles. The van der Waals surface area contributed by atoms with E-state index in [1.54, 1.807) is 6.07 Å². The predicted octanol–water partition coefficient (Wildman–Crippen LogP) is 2.10. The summed E-state index contributed by atoms with van der Waals surface area (Å²) >= 11 is 0. The molecule has 0 aliphatic carbocycles. The molecular formula is C20H30ClN5O2. The first kappa shape index (κ1) is 22.2. The summed E-state index contributed by atoms with van der Waals surface area (Å²) in [6, 6.07) is 9.92. The number of ether oxygens (including phenoxy) is 1. The number of likely N-dealkylation sites (N-methyl/N-ethyl adjacent to an activating group) is 1. The van der Waals surface area contributed by atoms with Gasteiger partial charge in [-0.05, 0) is 57.2 Å². The van der Waals surface area contributed by atoms with E-state index < -0.39 is 0 Å². The summed E-state index contributed by atoms with van der Waals surface area (Å²) in [4.78, 5) is 14.5. The standard InChI is InChI=1S/C20H29N5O2.ClH/c1-24(2)11-12-27-18-7-3-5-16(13-18)14-22-20(26)19-8-10-25(23-19)17-6-4-9-21-15-17;/h3,5,7-8,10,13,17,21H,4,6,9,11-12,14-15H2,1-2H3,(H,22,26);1H. The molecule has 3 rings (SSSR count). The summed E-state index contributed by atoms with van der Waals surface area (Å²) in [5.41, 5.74) is 1.46. The maximum Gasteiger partial charge on any atom is 0.272 e. The number of hydrogen-bond donors (Lipinski definition) is 2. The molecule has 1 atom stereocenters. The normalized spacial score (nSPS) is 16.5. The average molecular weight is 408 g/mol. The number of nitrogens with one attached hydrogen (secondary N) is 2. The van der Waals surface area contributed by atoms with E-state index >= 15 is 0 Å². The van der Waals surface area contributed by atoms with Crippen molar-refractivity contribution in [3.8, 4) is 5.75 Å². The second-order valence-electron chi connectivity index (χ2n) is 7.16. The zero-order valence-corrected chi connectivity index (χ0v) is 17.4. The summed E-state index contributed by atoms with van der Waals surface area (Å²) in [6.45, 7) is 3.91. The van der Waals surface area contributed by atoms with Crippen molar-refractivity contribution in [3.63, 3.8) is 0 Å². The average Bonchev–Trinajstić information content (AvgIpc) is 3.17. The molecule has 1 fully saturated rings. The molecule has 154 valence electrons. The predicted molar refractivity (Wildman–Crippen MR) is 112 cm³/mol. The van der Waals surface area contributed by atoms with Crippen LogP contribution < -0.4 is 15.4 Å². The van der Waals surface area contributed by atoms with Gasteiger partial charge in [-0.1, -0.05) is 12.1 Å². The Bertz CT molecular complexity index is 744. The molecule has 0 spiro atoms. The van der Waals surface area contributed by atoms with E-state index in [1.165, 1.54) is 0 Å². The third-order valence-corrected chi connectivity index (χ3v) is 4.64. The molecule has 0 radical (unpaired) electrons. The van der Waals surface area contributed by atoms with Crippen LogP contribution in [-0.2, 0) is 6.54 Å². The van der Waals surface area contributed by atoms with E-state index in [4.69, 9.17) is 4.74 Å². The number of nitrogens with zero attached hydrogens (tertiary/aromatic N) is 3. The van der Waals surface area contributed by atoms with Crippen molar-refractivity contribution >= 4 is 18.3 Å². The molecule has 1 unspecified atom stereocenters. The quantitative estimate of drug-likeness (QED) is 0.701. The number of aromatic nitrogens is 2. The van der Waals surface area contributed by atoms with Crippen LogP contribution >= 0.6 is 12.4 Å². The van der Waals surface area contributed by atoms with E-state index in [0.29, 0.717) is 24.9 Å². The lowest BCUT2D eigenvalue weighted by molar-refractivity contribution is 0.0944. The summed E-state index contributed by atoms with van der Waals surface area (Å²) in [7, 11) is 4.03. The Balaban J connectivity index is 0.00000280. The van der Waals surface area contributed by atoms with E-state index in [2.05, 4.69) is 20.6 Å². The molecule has 8 heteroatoms. The Morgan fingerprint density at radius 2 is 2.25 bits per heavy atom. The van der Waals surface area contributed by atoms with Gasteiger partial charge in [-0.25, -0.2) is 0 Å². The van der Waals surface area contributed by atoms with E-state index in [0.717, 1.165) is 43.8 Å². The fraction of sp³-hybridized carbons (Fsp3) is 0.500. The van der Waals surface area contributed by atoms with Gasteiger partial charge in [-0.3, -0.25) is 9.48 Å². The highest BCUT2D eigenvalue weighted by Crippen LogP contribution is 2.16. The Hall–Kier alpha value is -2.09. The zero-order chi connectivity index (χ0) is 19.1. The minimum absolute atomic E-state index is 0. The topological polar surface area (TPSA) is 71.4 Å². The van der Waals surface area contributed by atoms with Gasteiger partial charge in [0, 0.05) is 25.8 Å². The summed E-state index contributed by atoms with van der Waals surface area (Å²) in [6.07, 6.45) is 4.13. The first-order chi connectivity index (χ1) is 13.1. The Morgan fingerprint density at radius 1 is 1.39 bits per heavy atom. The largest absolute Gasteiger partial charge is 0.492 e. The number of rotatable bonds is 8. The molecule has 1 aliphatic heterocycles. The number of halogens is 1. The van der Waals surface area contributed by atoms with Gasteiger partial charge in [0.05, 0.1) is 6.04 Å². The van der Waals surface area contributed by atoms with Crippen molar-refractivity contribution in [1.82, 2.24) is 25.3 Å². The highest BCUT2D eigenvalue weighted by molar-refractivity contribution is 5.92. The Kier molecular flexibility index (Phi) is 8.76. The zero-order valence-electron chi connectivity index (χ0n) is 16.6. The minimum Gasteiger partial charge on any atom is -0.492 e. The van der Waals surface area contributed by atoms with Gasteiger partial charge in [-0.15, -0.1) is 12.4 Å². The van der Waals surface area contributed by atoms with Crippen molar-refractivity contribution in [3.05, 3.63) is 47.8 Å². The first-order valence-corrected chi connectivity index (χ1v) is 9.52. The van der Waals surface area contributed by atoms with Crippen LogP contribution in [0.25, 0.3) is 0 Å². The molecule has 2 heterocycles. The lowest BCUT2D eigenvalue weighted by Crippen LogP contribution is -2.32. The fourth-order valence-electron chi connectivity index (χ4n) is 3.09. The van der Waals surface area contributed by atoms with E-state index in [1.807, 2.05) is 49.2 Å². The lowest BCUT2D eigenvalue weighted by Gasteiger charge is -2.22. The molecule has 0 saturated carbocycles. The second kappa shape index (κ2) is 11.0. The smallest absolute Gasteiger partial charge is 0.272 e. The number of amides is 1. The van der Waals surface area contributed by atoms with Crippen molar-refractivity contribution in [1.29, 1.82) is 0 Å². The van der Waals surface area contributed by atoms with Crippen LogP contribution in [0, 0.1) is 0 Å². The van der Waals surface area contributed by atoms with Crippen molar-refractivity contribution in [2.45, 2.75) is 25.4 Å². The molecular weight excluding hydrogens is 378 g/mol. The van der Waals surface area contributed by atoms with Crippen LogP contribution in [0.2, 0.25) is 0 Å². The van der Waals surface area contributed by atoms with Crippen LogP contribution in [0.3, 0.4) is 0 Å². The Labute approximate surface area is 172 Å². The maximum absolute atomic E-state index is 12.4. The van der Waals surface area contributed by atoms with Gasteiger partial charge < -0.3 is 20.3 Å². The van der Waals surface area contributed by atoms with Crippen LogP contribution in [-0.4, -0.2) is 60.9 Å². The van der Waals surface area contributed by atoms with Crippen LogP contribution in [0.4, 0.5) is 0 Å². The molecule has 7 nitrogen and oxygen atoms in total. The third kappa shape index (κ3) is 6.51. The second-order valence-corrected chi connectivity index (χ2v) is 7.16. The van der Waals surface area contributed by atoms with Gasteiger partial charge in [0.25, 0.3) is 5.91 Å². The van der Waals surface area contributed by atoms with E-state index in [-0.39, 0.29) is 18.3 Å². The van der Waals surface area contributed by atoms with Gasteiger partial charge in [0.1, 0.15) is 18.1 Å². The molecule has 1 aromatic carbocycles. The maximum atomic E-state index is 12.4. The Morgan fingerprint density at radius 3 is 3.00 bits per heavy atom. The van der Waals surface area contributed by atoms with Gasteiger partial charge in [-0.2, -0.15) is 5.10 Å². The van der Waals surface area contributed by atoms with Crippen molar-refractivity contribution in [2.24, 2.45) is 0 Å². The summed E-state index contributed by atoms with van der Waals surface area (Å²) in [5.74, 6) is 0.661. The van der Waals surface area contributed by atoms with Crippen LogP contribution in [0.5, 0.6) is 5.75 Å². The lowest BCUT2D eigenvalue weighted by atomic mass is 10.1. The van der Waals surface area contributed by atoms with E-state index in [9.17, 15) is 4.79 Å². The van der Waals surface area contributed by atoms with Gasteiger partial charge in [0.2, 0.25) is 0 Å². The SMILES string of the molecule is CN(C)CCOc1cccc(CNC(=O)c2ccn(C3CCCNC3)n2)c1.Cl. The number of carbonyl (C=O) groups excluding carboxylic acids is 1. The molecule has 28 heavy (non-hydrogen) atoms. The highest BCUT2D eigenvalue weighted by atomic mass is 35.5. The number of hydrogen-bond acceptors (Lipinski definition) is 5. The molecule has 0 bridgehead atoms. The molecule has 1 saturated heterocycles. The monoisotopic (exact) mass is 407 g/mol. The number of carbonyl (C=O) groups is 1. The number of piperidine rings is 1. The molecule has 2 N–H and O–H groups in total. The minimum atomic E-state index is -0.156. The molecule has 1 amide bonds. The van der Waals surface area contributed by atoms with Crippen molar-refractivity contribution in [2.75, 3.05) is 40.3 Å². The fourth-order valence-corrected chi connectivity index (χ4v) is 3.09.